The van der Waals surface area contributed by atoms with Crippen molar-refractivity contribution in [3.05, 3.63) is 16.5 Å². The van der Waals surface area contributed by atoms with Crippen LogP contribution in [0.4, 0.5) is 5.82 Å². The highest BCUT2D eigenvalue weighted by atomic mass is 35.5. The maximum Gasteiger partial charge on any atom is 0.215 e. The molecular weight excluding hydrogens is 300 g/mol. The highest BCUT2D eigenvalue weighted by Gasteiger charge is 2.28. The summed E-state index contributed by atoms with van der Waals surface area (Å²) in [5.74, 6) is 1.79. The summed E-state index contributed by atoms with van der Waals surface area (Å²) in [5, 5.41) is 3.48. The van der Waals surface area contributed by atoms with Gasteiger partial charge in [0.1, 0.15) is 16.8 Å². The monoisotopic (exact) mass is 318 g/mol. The van der Waals surface area contributed by atoms with E-state index in [-0.39, 0.29) is 5.75 Å². The van der Waals surface area contributed by atoms with Gasteiger partial charge in [0.25, 0.3) is 0 Å². The molecule has 0 bridgehead atoms. The summed E-state index contributed by atoms with van der Waals surface area (Å²) in [6.07, 6.45) is 2.18. The number of hydrogen-bond donors (Lipinski definition) is 1. The molecule has 0 unspecified atom stereocenters. The summed E-state index contributed by atoms with van der Waals surface area (Å²) in [4.78, 5) is 8.71. The van der Waals surface area contributed by atoms with E-state index in [9.17, 15) is 8.42 Å². The molecule has 0 radical (unpaired) electrons. The minimum Gasteiger partial charge on any atom is -0.369 e. The Bertz CT molecular complexity index is 600. The van der Waals surface area contributed by atoms with Crippen LogP contribution >= 0.6 is 11.6 Å². The Hall–Kier alpha value is -0.920. The highest BCUT2D eigenvalue weighted by Crippen LogP contribution is 2.39. The standard InChI is InChI=1S/C12H19ClN4O2S/c1-8-10(13)15-12(9-4-5-9)16-11(8)14-6-7-20(18,19)17(2)3/h9H,4-7H2,1-3H3,(H,14,15,16). The minimum absolute atomic E-state index is 0.0137. The van der Waals surface area contributed by atoms with Crippen molar-refractivity contribution in [1.29, 1.82) is 0 Å². The highest BCUT2D eigenvalue weighted by molar-refractivity contribution is 7.89. The predicted molar refractivity (Wildman–Crippen MR) is 79.7 cm³/mol. The van der Waals surface area contributed by atoms with E-state index in [1.807, 2.05) is 6.92 Å². The average molecular weight is 319 g/mol. The third-order valence-corrected chi connectivity index (χ3v) is 5.46. The maximum absolute atomic E-state index is 11.7. The molecule has 6 nitrogen and oxygen atoms in total. The summed E-state index contributed by atoms with van der Waals surface area (Å²) in [6.45, 7) is 2.11. The number of anilines is 1. The van der Waals surface area contributed by atoms with Gasteiger partial charge in [-0.15, -0.1) is 0 Å². The third kappa shape index (κ3) is 3.59. The van der Waals surface area contributed by atoms with Crippen molar-refractivity contribution in [2.75, 3.05) is 31.7 Å². The normalized spacial score (nSPS) is 15.7. The quantitative estimate of drug-likeness (QED) is 0.807. The van der Waals surface area contributed by atoms with Crippen LogP contribution in [0.3, 0.4) is 0 Å². The fraction of sp³-hybridized carbons (Fsp3) is 0.667. The molecule has 2 rings (SSSR count). The third-order valence-electron chi connectivity index (χ3n) is 3.26. The van der Waals surface area contributed by atoms with Gasteiger partial charge in [-0.1, -0.05) is 11.6 Å². The zero-order chi connectivity index (χ0) is 14.9. The molecule has 1 heterocycles. The Morgan fingerprint density at radius 1 is 1.35 bits per heavy atom. The second kappa shape index (κ2) is 5.83. The van der Waals surface area contributed by atoms with Crippen molar-refractivity contribution < 1.29 is 8.42 Å². The van der Waals surface area contributed by atoms with Crippen molar-refractivity contribution >= 4 is 27.4 Å². The molecule has 0 atom stereocenters. The molecule has 112 valence electrons. The molecule has 0 spiro atoms. The zero-order valence-electron chi connectivity index (χ0n) is 11.9. The first-order valence-corrected chi connectivity index (χ1v) is 8.48. The van der Waals surface area contributed by atoms with Gasteiger partial charge in [0.05, 0.1) is 5.75 Å². The number of rotatable bonds is 6. The molecule has 1 saturated carbocycles. The van der Waals surface area contributed by atoms with E-state index >= 15 is 0 Å². The van der Waals surface area contributed by atoms with Gasteiger partial charge >= 0.3 is 0 Å². The fourth-order valence-electron chi connectivity index (χ4n) is 1.68. The molecule has 1 fully saturated rings. The van der Waals surface area contributed by atoms with Gasteiger partial charge in [0.2, 0.25) is 10.0 Å². The molecule has 1 aliphatic carbocycles. The predicted octanol–water partition coefficient (Wildman–Crippen LogP) is 1.62. The Morgan fingerprint density at radius 3 is 2.55 bits per heavy atom. The lowest BCUT2D eigenvalue weighted by Gasteiger charge is -2.13. The van der Waals surface area contributed by atoms with Crippen LogP contribution in [0.2, 0.25) is 5.15 Å². The zero-order valence-corrected chi connectivity index (χ0v) is 13.4. The van der Waals surface area contributed by atoms with Crippen LogP contribution in [0, 0.1) is 6.92 Å². The summed E-state index contributed by atoms with van der Waals surface area (Å²) in [7, 11) is -0.169. The minimum atomic E-state index is -3.21. The lowest BCUT2D eigenvalue weighted by molar-refractivity contribution is 0.521. The van der Waals surface area contributed by atoms with E-state index in [1.165, 1.54) is 18.4 Å². The van der Waals surface area contributed by atoms with Crippen molar-refractivity contribution in [2.24, 2.45) is 0 Å². The molecule has 1 aromatic rings. The largest absolute Gasteiger partial charge is 0.369 e. The summed E-state index contributed by atoms with van der Waals surface area (Å²) >= 11 is 6.09. The van der Waals surface area contributed by atoms with E-state index in [1.54, 1.807) is 0 Å². The van der Waals surface area contributed by atoms with Gasteiger partial charge in [0, 0.05) is 32.1 Å². The van der Waals surface area contributed by atoms with Gasteiger partial charge in [-0.25, -0.2) is 22.7 Å². The van der Waals surface area contributed by atoms with Crippen LogP contribution in [0.25, 0.3) is 0 Å². The van der Waals surface area contributed by atoms with Crippen LogP contribution < -0.4 is 5.32 Å². The van der Waals surface area contributed by atoms with Crippen LogP contribution in [0.15, 0.2) is 0 Å². The second-order valence-corrected chi connectivity index (χ2v) is 7.81. The van der Waals surface area contributed by atoms with Gasteiger partial charge in [-0.3, -0.25) is 0 Å². The molecule has 0 aromatic carbocycles. The van der Waals surface area contributed by atoms with E-state index < -0.39 is 10.0 Å². The van der Waals surface area contributed by atoms with Gasteiger partial charge in [0.15, 0.2) is 0 Å². The number of aromatic nitrogens is 2. The second-order valence-electron chi connectivity index (χ2n) is 5.15. The molecule has 8 heteroatoms. The van der Waals surface area contributed by atoms with Gasteiger partial charge in [-0.2, -0.15) is 0 Å². The molecule has 1 aromatic heterocycles. The molecule has 1 aliphatic rings. The van der Waals surface area contributed by atoms with Gasteiger partial charge < -0.3 is 5.32 Å². The smallest absolute Gasteiger partial charge is 0.215 e. The van der Waals surface area contributed by atoms with Crippen LogP contribution in [0.1, 0.15) is 30.1 Å². The first kappa shape index (κ1) is 15.5. The topological polar surface area (TPSA) is 75.2 Å². The lowest BCUT2D eigenvalue weighted by Crippen LogP contribution is -2.28. The van der Waals surface area contributed by atoms with E-state index in [0.29, 0.717) is 23.4 Å². The van der Waals surface area contributed by atoms with Crippen molar-refractivity contribution in [2.45, 2.75) is 25.7 Å². The van der Waals surface area contributed by atoms with Crippen molar-refractivity contribution in [3.8, 4) is 0 Å². The summed E-state index contributed by atoms with van der Waals surface area (Å²) in [5.41, 5.74) is 0.748. The van der Waals surface area contributed by atoms with Crippen LogP contribution in [0.5, 0.6) is 0 Å². The first-order chi connectivity index (χ1) is 9.31. The van der Waals surface area contributed by atoms with Gasteiger partial charge in [-0.05, 0) is 19.8 Å². The average Bonchev–Trinajstić information content (AvgIpc) is 3.18. The molecule has 0 amide bonds. The van der Waals surface area contributed by atoms with E-state index in [4.69, 9.17) is 11.6 Å². The number of hydrogen-bond acceptors (Lipinski definition) is 5. The first-order valence-electron chi connectivity index (χ1n) is 6.49. The number of nitrogens with zero attached hydrogens (tertiary/aromatic N) is 3. The Labute approximate surface area is 124 Å². The van der Waals surface area contributed by atoms with E-state index in [2.05, 4.69) is 15.3 Å². The van der Waals surface area contributed by atoms with Crippen LogP contribution in [-0.2, 0) is 10.0 Å². The number of nitrogens with one attached hydrogen (secondary N) is 1. The van der Waals surface area contributed by atoms with Crippen LogP contribution in [-0.4, -0.2) is 49.1 Å². The van der Waals surface area contributed by atoms with Crippen molar-refractivity contribution in [3.63, 3.8) is 0 Å². The van der Waals surface area contributed by atoms with E-state index in [0.717, 1.165) is 24.2 Å². The number of sulfonamides is 1. The Kier molecular flexibility index (Phi) is 4.51. The molecule has 1 N–H and O–H groups in total. The Balaban J connectivity index is 2.06. The molecular formula is C12H19ClN4O2S. The SMILES string of the molecule is Cc1c(Cl)nc(C2CC2)nc1NCCS(=O)(=O)N(C)C. The Morgan fingerprint density at radius 2 is 2.00 bits per heavy atom. The summed E-state index contributed by atoms with van der Waals surface area (Å²) in [6, 6.07) is 0. The summed E-state index contributed by atoms with van der Waals surface area (Å²) < 4.78 is 24.6. The molecule has 20 heavy (non-hydrogen) atoms. The number of halogens is 1. The lowest BCUT2D eigenvalue weighted by atomic mass is 10.3. The molecule has 0 aliphatic heterocycles. The molecule has 0 saturated heterocycles. The maximum atomic E-state index is 11.7. The fourth-order valence-corrected chi connectivity index (χ4v) is 2.58. The van der Waals surface area contributed by atoms with Crippen molar-refractivity contribution in [1.82, 2.24) is 14.3 Å².